The van der Waals surface area contributed by atoms with E-state index in [1.165, 1.54) is 7.11 Å². The van der Waals surface area contributed by atoms with Crippen molar-refractivity contribution in [2.24, 2.45) is 7.05 Å². The summed E-state index contributed by atoms with van der Waals surface area (Å²) < 4.78 is 6.92. The summed E-state index contributed by atoms with van der Waals surface area (Å²) in [6.07, 6.45) is 0. The van der Waals surface area contributed by atoms with Crippen LogP contribution in [0, 0.1) is 0 Å². The Labute approximate surface area is 150 Å². The quantitative estimate of drug-likeness (QED) is 0.728. The number of amides is 2. The average Bonchev–Trinajstić information content (AvgIpc) is 2.96. The maximum Gasteiger partial charge on any atom is 0.325 e. The molecule has 0 saturated carbocycles. The first kappa shape index (κ1) is 16.9. The summed E-state index contributed by atoms with van der Waals surface area (Å²) in [5.74, 6) is 0.963. The zero-order valence-electron chi connectivity index (χ0n) is 13.8. The Morgan fingerprint density at radius 2 is 1.88 bits per heavy atom. The highest BCUT2D eigenvalue weighted by Crippen LogP contribution is 2.28. The second kappa shape index (κ2) is 7.27. The van der Waals surface area contributed by atoms with Gasteiger partial charge in [0.25, 0.3) is 0 Å². The van der Waals surface area contributed by atoms with E-state index in [-0.39, 0.29) is 0 Å². The van der Waals surface area contributed by atoms with Crippen molar-refractivity contribution in [3.8, 4) is 17.0 Å². The Bertz CT molecular complexity index is 893. The minimum absolute atomic E-state index is 0.432. The van der Waals surface area contributed by atoms with Crippen LogP contribution in [-0.2, 0) is 7.05 Å². The third-order valence-corrected chi connectivity index (χ3v) is 3.84. The Hall–Kier alpha value is -2.99. The average molecular weight is 357 g/mol. The van der Waals surface area contributed by atoms with Crippen LogP contribution >= 0.6 is 11.6 Å². The highest BCUT2D eigenvalue weighted by Gasteiger charge is 2.12. The van der Waals surface area contributed by atoms with Crippen molar-refractivity contribution >= 4 is 29.1 Å². The number of benzene rings is 2. The molecule has 0 spiro atoms. The molecule has 0 unspecified atom stereocenters. The van der Waals surface area contributed by atoms with Crippen LogP contribution in [-0.4, -0.2) is 22.9 Å². The van der Waals surface area contributed by atoms with Crippen molar-refractivity contribution in [2.45, 2.75) is 0 Å². The van der Waals surface area contributed by atoms with Crippen molar-refractivity contribution in [1.82, 2.24) is 9.78 Å². The number of carbonyl (C=O) groups excluding carboxylic acids is 1. The van der Waals surface area contributed by atoms with E-state index in [1.54, 1.807) is 22.9 Å². The predicted molar refractivity (Wildman–Crippen MR) is 99.3 cm³/mol. The van der Waals surface area contributed by atoms with E-state index < -0.39 is 6.03 Å². The minimum Gasteiger partial charge on any atom is -0.495 e. The van der Waals surface area contributed by atoms with Gasteiger partial charge in [0.2, 0.25) is 0 Å². The van der Waals surface area contributed by atoms with Crippen molar-refractivity contribution in [2.75, 3.05) is 17.7 Å². The number of urea groups is 1. The second-order valence-electron chi connectivity index (χ2n) is 5.33. The van der Waals surface area contributed by atoms with Gasteiger partial charge in [0.15, 0.2) is 5.82 Å². The van der Waals surface area contributed by atoms with E-state index in [9.17, 15) is 4.79 Å². The lowest BCUT2D eigenvalue weighted by Crippen LogP contribution is -2.20. The molecule has 1 aromatic heterocycles. The van der Waals surface area contributed by atoms with Gasteiger partial charge in [0.1, 0.15) is 5.75 Å². The Kier molecular flexibility index (Phi) is 4.90. The summed E-state index contributed by atoms with van der Waals surface area (Å²) in [6, 6.07) is 16.2. The minimum atomic E-state index is -0.432. The number of hydrogen-bond donors (Lipinski definition) is 2. The van der Waals surface area contributed by atoms with Crippen LogP contribution in [0.3, 0.4) is 0 Å². The molecule has 7 heteroatoms. The van der Waals surface area contributed by atoms with Gasteiger partial charge in [0.05, 0.1) is 18.5 Å². The molecule has 2 N–H and O–H groups in total. The Morgan fingerprint density at radius 1 is 1.12 bits per heavy atom. The van der Waals surface area contributed by atoms with Crippen LogP contribution in [0.25, 0.3) is 11.3 Å². The van der Waals surface area contributed by atoms with E-state index in [2.05, 4.69) is 15.7 Å². The number of nitrogens with zero attached hydrogens (tertiary/aromatic N) is 2. The lowest BCUT2D eigenvalue weighted by atomic mass is 10.1. The molecule has 25 heavy (non-hydrogen) atoms. The largest absolute Gasteiger partial charge is 0.495 e. The summed E-state index contributed by atoms with van der Waals surface area (Å²) in [7, 11) is 3.35. The van der Waals surface area contributed by atoms with Crippen molar-refractivity contribution in [3.05, 3.63) is 59.6 Å². The molecule has 0 aliphatic heterocycles. The van der Waals surface area contributed by atoms with E-state index >= 15 is 0 Å². The monoisotopic (exact) mass is 356 g/mol. The fourth-order valence-electron chi connectivity index (χ4n) is 2.46. The number of nitrogens with one attached hydrogen (secondary N) is 2. The molecular weight excluding hydrogens is 340 g/mol. The first-order chi connectivity index (χ1) is 12.1. The zero-order chi connectivity index (χ0) is 17.8. The molecule has 0 aliphatic carbocycles. The Morgan fingerprint density at radius 3 is 2.60 bits per heavy atom. The molecule has 0 fully saturated rings. The van der Waals surface area contributed by atoms with Gasteiger partial charge in [-0.05, 0) is 23.8 Å². The molecule has 3 aromatic rings. The van der Waals surface area contributed by atoms with Crippen LogP contribution in [0.4, 0.5) is 16.3 Å². The van der Waals surface area contributed by atoms with E-state index in [0.29, 0.717) is 22.3 Å². The molecule has 6 nitrogen and oxygen atoms in total. The van der Waals surface area contributed by atoms with Crippen LogP contribution in [0.1, 0.15) is 0 Å². The number of rotatable bonds is 4. The lowest BCUT2D eigenvalue weighted by Gasteiger charge is -2.10. The maximum absolute atomic E-state index is 12.2. The van der Waals surface area contributed by atoms with Crippen LogP contribution in [0.5, 0.6) is 5.75 Å². The van der Waals surface area contributed by atoms with E-state index in [4.69, 9.17) is 16.3 Å². The van der Waals surface area contributed by atoms with Crippen LogP contribution in [0.15, 0.2) is 54.6 Å². The van der Waals surface area contributed by atoms with Gasteiger partial charge >= 0.3 is 6.03 Å². The zero-order valence-corrected chi connectivity index (χ0v) is 14.5. The first-order valence-corrected chi connectivity index (χ1v) is 7.95. The number of methoxy groups -OCH3 is 1. The van der Waals surface area contributed by atoms with Gasteiger partial charge in [-0.3, -0.25) is 10.00 Å². The molecule has 2 aromatic carbocycles. The molecule has 1 heterocycles. The molecule has 3 rings (SSSR count). The van der Waals surface area contributed by atoms with Crippen LogP contribution < -0.4 is 15.4 Å². The molecule has 0 saturated heterocycles. The van der Waals surface area contributed by atoms with Gasteiger partial charge in [-0.15, -0.1) is 0 Å². The molecule has 128 valence electrons. The smallest absolute Gasteiger partial charge is 0.325 e. The number of hydrogen-bond acceptors (Lipinski definition) is 3. The molecule has 0 radical (unpaired) electrons. The summed E-state index contributed by atoms with van der Waals surface area (Å²) in [5, 5.41) is 10.2. The molecule has 2 amide bonds. The maximum atomic E-state index is 12.2. The Balaban J connectivity index is 1.75. The fourth-order valence-corrected chi connectivity index (χ4v) is 2.63. The van der Waals surface area contributed by atoms with Crippen molar-refractivity contribution < 1.29 is 9.53 Å². The number of aryl methyl sites for hydroxylation is 1. The second-order valence-corrected chi connectivity index (χ2v) is 5.76. The standard InChI is InChI=1S/C18H17ClN4O2/c1-23-15(12-6-4-3-5-7-12)11-17(22-23)21-18(24)20-14-10-13(19)8-9-16(14)25-2/h3-11H,1-2H3,(H2,20,21,22,24). The fraction of sp³-hybridized carbons (Fsp3) is 0.111. The number of anilines is 2. The number of halogens is 1. The van der Waals surface area contributed by atoms with Crippen molar-refractivity contribution in [3.63, 3.8) is 0 Å². The van der Waals surface area contributed by atoms with Gasteiger partial charge < -0.3 is 10.1 Å². The number of carbonyl (C=O) groups is 1. The van der Waals surface area contributed by atoms with Gasteiger partial charge in [-0.1, -0.05) is 41.9 Å². The lowest BCUT2D eigenvalue weighted by molar-refractivity contribution is 0.262. The highest BCUT2D eigenvalue weighted by atomic mass is 35.5. The summed E-state index contributed by atoms with van der Waals surface area (Å²) in [4.78, 5) is 12.2. The normalized spacial score (nSPS) is 10.4. The molecular formula is C18H17ClN4O2. The molecule has 0 aliphatic rings. The number of aromatic nitrogens is 2. The topological polar surface area (TPSA) is 68.2 Å². The SMILES string of the molecule is COc1ccc(Cl)cc1NC(=O)Nc1cc(-c2ccccc2)n(C)n1. The summed E-state index contributed by atoms with van der Waals surface area (Å²) in [5.41, 5.74) is 2.39. The summed E-state index contributed by atoms with van der Waals surface area (Å²) >= 11 is 5.97. The predicted octanol–water partition coefficient (Wildman–Crippen LogP) is 4.39. The molecule has 0 atom stereocenters. The van der Waals surface area contributed by atoms with E-state index in [0.717, 1.165) is 11.3 Å². The first-order valence-electron chi connectivity index (χ1n) is 7.58. The highest BCUT2D eigenvalue weighted by molar-refractivity contribution is 6.31. The molecule has 0 bridgehead atoms. The van der Waals surface area contributed by atoms with E-state index in [1.807, 2.05) is 43.4 Å². The third kappa shape index (κ3) is 3.92. The third-order valence-electron chi connectivity index (χ3n) is 3.60. The van der Waals surface area contributed by atoms with Crippen LogP contribution in [0.2, 0.25) is 5.02 Å². The van der Waals surface area contributed by atoms with Gasteiger partial charge in [-0.25, -0.2) is 4.79 Å². The summed E-state index contributed by atoms with van der Waals surface area (Å²) in [6.45, 7) is 0. The van der Waals surface area contributed by atoms with Gasteiger partial charge in [-0.2, -0.15) is 5.10 Å². The van der Waals surface area contributed by atoms with Gasteiger partial charge in [0, 0.05) is 18.1 Å². The van der Waals surface area contributed by atoms with Crippen molar-refractivity contribution in [1.29, 1.82) is 0 Å². The number of ether oxygens (including phenoxy) is 1.